The van der Waals surface area contributed by atoms with Gasteiger partial charge in [-0.1, -0.05) is 24.3 Å². The number of benzene rings is 2. The Bertz CT molecular complexity index is 588. The molecule has 0 saturated heterocycles. The first-order valence-corrected chi connectivity index (χ1v) is 7.19. The number of nitrogens with one attached hydrogen (secondary N) is 1. The van der Waals surface area contributed by atoms with Crippen molar-refractivity contribution < 1.29 is 9.13 Å². The van der Waals surface area contributed by atoms with E-state index >= 15 is 0 Å². The average Bonchev–Trinajstić information content (AvgIpc) is 2.48. The zero-order valence-corrected chi connectivity index (χ0v) is 13.1. The lowest BCUT2D eigenvalue weighted by molar-refractivity contribution is 0.406. The van der Waals surface area contributed by atoms with E-state index in [-0.39, 0.29) is 11.9 Å². The molecule has 4 heteroatoms. The van der Waals surface area contributed by atoms with Crippen LogP contribution in [0.1, 0.15) is 17.2 Å². The highest BCUT2D eigenvalue weighted by atomic mass is 79.9. The van der Waals surface area contributed by atoms with Crippen LogP contribution >= 0.6 is 15.9 Å². The molecule has 0 saturated carbocycles. The molecule has 1 N–H and O–H groups in total. The predicted octanol–water partition coefficient (Wildman–Crippen LogP) is 4.10. The minimum Gasteiger partial charge on any atom is -0.496 e. The molecule has 0 aliphatic heterocycles. The van der Waals surface area contributed by atoms with Crippen molar-refractivity contribution in [1.82, 2.24) is 5.32 Å². The number of para-hydroxylation sites is 1. The first kappa shape index (κ1) is 15.0. The Morgan fingerprint density at radius 3 is 2.65 bits per heavy atom. The summed E-state index contributed by atoms with van der Waals surface area (Å²) in [6.45, 7) is 0. The van der Waals surface area contributed by atoms with Crippen LogP contribution in [0.2, 0.25) is 0 Å². The molecule has 1 atom stereocenters. The van der Waals surface area contributed by atoms with Crippen molar-refractivity contribution in [3.05, 3.63) is 63.9 Å². The molecule has 0 radical (unpaired) electrons. The molecule has 0 bridgehead atoms. The Labute approximate surface area is 127 Å². The highest BCUT2D eigenvalue weighted by Crippen LogP contribution is 2.26. The zero-order valence-electron chi connectivity index (χ0n) is 11.5. The molecule has 2 rings (SSSR count). The summed E-state index contributed by atoms with van der Waals surface area (Å²) in [5.74, 6) is 0.605. The van der Waals surface area contributed by atoms with E-state index in [9.17, 15) is 4.39 Å². The summed E-state index contributed by atoms with van der Waals surface area (Å²) in [5, 5.41) is 3.23. The fraction of sp³-hybridized carbons (Fsp3) is 0.250. The molecule has 106 valence electrons. The van der Waals surface area contributed by atoms with Crippen LogP contribution in [0.5, 0.6) is 5.75 Å². The third-order valence-corrected chi connectivity index (χ3v) is 3.95. The van der Waals surface area contributed by atoms with Crippen LogP contribution in [0.25, 0.3) is 0 Å². The molecule has 2 aromatic rings. The van der Waals surface area contributed by atoms with Crippen LogP contribution in [0.15, 0.2) is 46.9 Å². The van der Waals surface area contributed by atoms with E-state index < -0.39 is 0 Å². The first-order valence-electron chi connectivity index (χ1n) is 6.39. The Balaban J connectivity index is 2.26. The monoisotopic (exact) mass is 337 g/mol. The van der Waals surface area contributed by atoms with Gasteiger partial charge in [-0.2, -0.15) is 0 Å². The maximum atomic E-state index is 13.7. The minimum absolute atomic E-state index is 0.0360. The Kier molecular flexibility index (Phi) is 5.15. The van der Waals surface area contributed by atoms with E-state index in [0.29, 0.717) is 4.47 Å². The highest BCUT2D eigenvalue weighted by Gasteiger charge is 2.14. The summed E-state index contributed by atoms with van der Waals surface area (Å²) in [6.07, 6.45) is 0.738. The summed E-state index contributed by atoms with van der Waals surface area (Å²) in [4.78, 5) is 0. The van der Waals surface area contributed by atoms with Gasteiger partial charge in [-0.25, -0.2) is 4.39 Å². The summed E-state index contributed by atoms with van der Waals surface area (Å²) in [6, 6.07) is 13.1. The van der Waals surface area contributed by atoms with E-state index in [0.717, 1.165) is 23.3 Å². The van der Waals surface area contributed by atoms with Crippen molar-refractivity contribution in [1.29, 1.82) is 0 Å². The van der Waals surface area contributed by atoms with Crippen molar-refractivity contribution in [3.63, 3.8) is 0 Å². The van der Waals surface area contributed by atoms with Crippen LogP contribution in [0, 0.1) is 5.82 Å². The number of ether oxygens (including phenoxy) is 1. The van der Waals surface area contributed by atoms with Gasteiger partial charge in [0.2, 0.25) is 0 Å². The molecule has 20 heavy (non-hydrogen) atoms. The third kappa shape index (κ3) is 3.38. The number of methoxy groups -OCH3 is 1. The molecule has 0 amide bonds. The molecule has 0 aliphatic carbocycles. The molecule has 0 spiro atoms. The van der Waals surface area contributed by atoms with Crippen molar-refractivity contribution in [3.8, 4) is 5.75 Å². The molecule has 2 aromatic carbocycles. The van der Waals surface area contributed by atoms with E-state index in [4.69, 9.17) is 4.74 Å². The summed E-state index contributed by atoms with van der Waals surface area (Å²) < 4.78 is 19.5. The largest absolute Gasteiger partial charge is 0.496 e. The van der Waals surface area contributed by atoms with Crippen LogP contribution in [0.3, 0.4) is 0 Å². The van der Waals surface area contributed by atoms with Gasteiger partial charge in [-0.05, 0) is 58.7 Å². The standard InChI is InChI=1S/C16H17BrFNO/c1-19-15(11-7-8-13(17)14(18)9-11)10-12-5-3-4-6-16(12)20-2/h3-9,15,19H,10H2,1-2H3. The molecular formula is C16H17BrFNO. The lowest BCUT2D eigenvalue weighted by Crippen LogP contribution is -2.19. The van der Waals surface area contributed by atoms with Crippen LogP contribution in [-0.4, -0.2) is 14.2 Å². The Hall–Kier alpha value is -1.39. The maximum Gasteiger partial charge on any atom is 0.137 e. The fourth-order valence-corrected chi connectivity index (χ4v) is 2.45. The number of likely N-dealkylation sites (N-methyl/N-ethyl adjacent to an activating group) is 1. The van der Waals surface area contributed by atoms with Gasteiger partial charge in [0, 0.05) is 6.04 Å². The van der Waals surface area contributed by atoms with E-state index in [2.05, 4.69) is 21.2 Å². The third-order valence-electron chi connectivity index (χ3n) is 3.31. The van der Waals surface area contributed by atoms with Gasteiger partial charge in [0.15, 0.2) is 0 Å². The van der Waals surface area contributed by atoms with Crippen LogP contribution in [0.4, 0.5) is 4.39 Å². The second-order valence-corrected chi connectivity index (χ2v) is 5.39. The smallest absolute Gasteiger partial charge is 0.137 e. The number of hydrogen-bond donors (Lipinski definition) is 1. The SMILES string of the molecule is CNC(Cc1ccccc1OC)c1ccc(Br)c(F)c1. The van der Waals surface area contributed by atoms with Gasteiger partial charge in [0.25, 0.3) is 0 Å². The predicted molar refractivity (Wildman–Crippen MR) is 82.6 cm³/mol. The second kappa shape index (κ2) is 6.86. The van der Waals surface area contributed by atoms with Gasteiger partial charge in [-0.3, -0.25) is 0 Å². The minimum atomic E-state index is -0.247. The van der Waals surface area contributed by atoms with Crippen molar-refractivity contribution in [2.75, 3.05) is 14.2 Å². The number of hydrogen-bond acceptors (Lipinski definition) is 2. The van der Waals surface area contributed by atoms with Gasteiger partial charge in [0.05, 0.1) is 11.6 Å². The molecule has 0 fully saturated rings. The van der Waals surface area contributed by atoms with E-state index in [1.54, 1.807) is 19.2 Å². The summed E-state index contributed by atoms with van der Waals surface area (Å²) in [7, 11) is 3.53. The fourth-order valence-electron chi connectivity index (χ4n) is 2.21. The van der Waals surface area contributed by atoms with Gasteiger partial charge in [0.1, 0.15) is 11.6 Å². The van der Waals surface area contributed by atoms with Crippen molar-refractivity contribution in [2.45, 2.75) is 12.5 Å². The normalized spacial score (nSPS) is 12.2. The zero-order chi connectivity index (χ0) is 14.5. The molecule has 2 nitrogen and oxygen atoms in total. The molecule has 0 aromatic heterocycles. The van der Waals surface area contributed by atoms with Crippen molar-refractivity contribution >= 4 is 15.9 Å². The number of halogens is 2. The second-order valence-electron chi connectivity index (χ2n) is 4.53. The Morgan fingerprint density at radius 2 is 2.00 bits per heavy atom. The van der Waals surface area contributed by atoms with Gasteiger partial charge < -0.3 is 10.1 Å². The maximum absolute atomic E-state index is 13.7. The van der Waals surface area contributed by atoms with Gasteiger partial charge >= 0.3 is 0 Å². The summed E-state index contributed by atoms with van der Waals surface area (Å²) >= 11 is 3.17. The van der Waals surface area contributed by atoms with Gasteiger partial charge in [-0.15, -0.1) is 0 Å². The van der Waals surface area contributed by atoms with E-state index in [1.165, 1.54) is 0 Å². The molecule has 0 heterocycles. The van der Waals surface area contributed by atoms with Crippen LogP contribution in [-0.2, 0) is 6.42 Å². The first-order chi connectivity index (χ1) is 9.65. The molecule has 0 aliphatic rings. The topological polar surface area (TPSA) is 21.3 Å². The van der Waals surface area contributed by atoms with E-state index in [1.807, 2.05) is 37.4 Å². The molecular weight excluding hydrogens is 321 g/mol. The summed E-state index contributed by atoms with van der Waals surface area (Å²) in [5.41, 5.74) is 2.01. The quantitative estimate of drug-likeness (QED) is 0.886. The average molecular weight is 338 g/mol. The lowest BCUT2D eigenvalue weighted by atomic mass is 9.98. The van der Waals surface area contributed by atoms with Crippen LogP contribution < -0.4 is 10.1 Å². The number of rotatable bonds is 5. The van der Waals surface area contributed by atoms with Crippen molar-refractivity contribution in [2.24, 2.45) is 0 Å². The molecule has 1 unspecified atom stereocenters. The lowest BCUT2D eigenvalue weighted by Gasteiger charge is -2.18. The highest BCUT2D eigenvalue weighted by molar-refractivity contribution is 9.10. The Morgan fingerprint density at radius 1 is 1.25 bits per heavy atom.